The Morgan fingerprint density at radius 3 is 2.20 bits per heavy atom. The largest absolute Gasteiger partial charge is 0.478 e. The number of rotatable bonds is 7. The number of amides is 2. The van der Waals surface area contributed by atoms with Gasteiger partial charge in [-0.25, -0.2) is 9.59 Å². The van der Waals surface area contributed by atoms with Gasteiger partial charge in [-0.15, -0.1) is 0 Å². The van der Waals surface area contributed by atoms with E-state index in [0.29, 0.717) is 5.69 Å². The molecule has 0 spiro atoms. The van der Waals surface area contributed by atoms with Crippen LogP contribution in [0.25, 0.3) is 11.1 Å². The third-order valence-electron chi connectivity index (χ3n) is 6.24. The van der Waals surface area contributed by atoms with Crippen LogP contribution in [-0.2, 0) is 9.53 Å². The third-order valence-corrected chi connectivity index (χ3v) is 7.26. The van der Waals surface area contributed by atoms with Crippen LogP contribution < -0.4 is 10.2 Å². The first kappa shape index (κ1) is 24.4. The van der Waals surface area contributed by atoms with E-state index in [-0.39, 0.29) is 29.0 Å². The fourth-order valence-corrected chi connectivity index (χ4v) is 5.28. The number of carboxylic acid groups (broad SMARTS) is 1. The van der Waals surface area contributed by atoms with Gasteiger partial charge in [0.2, 0.25) is 5.91 Å². The van der Waals surface area contributed by atoms with E-state index in [1.807, 2.05) is 36.4 Å². The first-order valence-electron chi connectivity index (χ1n) is 11.3. The molecule has 1 aliphatic rings. The van der Waals surface area contributed by atoms with E-state index in [1.54, 1.807) is 20.8 Å². The van der Waals surface area contributed by atoms with E-state index in [2.05, 4.69) is 21.8 Å². The van der Waals surface area contributed by atoms with Crippen LogP contribution in [0.15, 0.2) is 48.5 Å². The van der Waals surface area contributed by atoms with Gasteiger partial charge in [0.1, 0.15) is 23.2 Å². The quantitative estimate of drug-likeness (QED) is 0.495. The third kappa shape index (κ3) is 4.64. The first-order valence-corrected chi connectivity index (χ1v) is 12.1. The number of aromatic carboxylic acids is 1. The number of hydrogen-bond acceptors (Lipinski definition) is 6. The maximum atomic E-state index is 13.2. The van der Waals surface area contributed by atoms with Gasteiger partial charge in [0, 0.05) is 13.0 Å². The minimum Gasteiger partial charge on any atom is -0.478 e. The highest BCUT2D eigenvalue weighted by atomic mass is 32.1. The van der Waals surface area contributed by atoms with Gasteiger partial charge in [0.15, 0.2) is 0 Å². The topological polar surface area (TPSA) is 109 Å². The van der Waals surface area contributed by atoms with E-state index in [9.17, 15) is 19.5 Å². The summed E-state index contributed by atoms with van der Waals surface area (Å²) < 4.78 is 9.67. The fraction of sp³-hybridized carbons (Fsp3) is 0.308. The SMILES string of the molecule is Cc1nsc(N(C)C(=O)[C@@H](NC(=O)OCC2c3ccccc3-c3ccccc32)C(C)C)c1C(=O)O. The van der Waals surface area contributed by atoms with Crippen molar-refractivity contribution in [2.45, 2.75) is 32.7 Å². The Morgan fingerprint density at radius 2 is 1.66 bits per heavy atom. The monoisotopic (exact) mass is 493 g/mol. The fourth-order valence-electron chi connectivity index (χ4n) is 4.42. The van der Waals surface area contributed by atoms with Crippen LogP contribution in [-0.4, -0.2) is 47.1 Å². The number of carbonyl (C=O) groups excluding carboxylic acids is 2. The maximum absolute atomic E-state index is 13.2. The second kappa shape index (κ2) is 9.87. The molecule has 0 fully saturated rings. The normalized spacial score (nSPS) is 13.2. The molecule has 2 N–H and O–H groups in total. The number of benzene rings is 2. The van der Waals surface area contributed by atoms with Crippen molar-refractivity contribution >= 4 is 34.5 Å². The molecule has 1 aliphatic carbocycles. The number of likely N-dealkylation sites (N-methyl/N-ethyl adjacent to an activating group) is 1. The van der Waals surface area contributed by atoms with Crippen molar-refractivity contribution in [3.8, 4) is 11.1 Å². The van der Waals surface area contributed by atoms with Crippen LogP contribution in [0, 0.1) is 12.8 Å². The van der Waals surface area contributed by atoms with Crippen LogP contribution in [0.1, 0.15) is 46.9 Å². The summed E-state index contributed by atoms with van der Waals surface area (Å²) in [6.45, 7) is 5.31. The van der Waals surface area contributed by atoms with Crippen molar-refractivity contribution in [2.24, 2.45) is 5.92 Å². The van der Waals surface area contributed by atoms with Crippen LogP contribution in [0.4, 0.5) is 9.80 Å². The van der Waals surface area contributed by atoms with Crippen molar-refractivity contribution < 1.29 is 24.2 Å². The molecule has 182 valence electrons. The summed E-state index contributed by atoms with van der Waals surface area (Å²) in [7, 11) is 1.48. The van der Waals surface area contributed by atoms with Crippen molar-refractivity contribution in [2.75, 3.05) is 18.6 Å². The van der Waals surface area contributed by atoms with Gasteiger partial charge in [0.05, 0.1) is 5.69 Å². The maximum Gasteiger partial charge on any atom is 0.407 e. The number of aryl methyl sites for hydroxylation is 1. The van der Waals surface area contributed by atoms with Gasteiger partial charge >= 0.3 is 12.1 Å². The van der Waals surface area contributed by atoms with Gasteiger partial charge in [-0.1, -0.05) is 62.4 Å². The van der Waals surface area contributed by atoms with Gasteiger partial charge in [-0.3, -0.25) is 4.79 Å². The number of fused-ring (bicyclic) bond motifs is 3. The second-order valence-electron chi connectivity index (χ2n) is 8.84. The average Bonchev–Trinajstić information content (AvgIpc) is 3.38. The number of nitrogens with one attached hydrogen (secondary N) is 1. The Morgan fingerprint density at radius 1 is 1.09 bits per heavy atom. The summed E-state index contributed by atoms with van der Waals surface area (Å²) in [6.07, 6.45) is -0.703. The van der Waals surface area contributed by atoms with E-state index in [4.69, 9.17) is 4.74 Å². The first-order chi connectivity index (χ1) is 16.7. The van der Waals surface area contributed by atoms with Crippen molar-refractivity contribution in [1.82, 2.24) is 9.69 Å². The van der Waals surface area contributed by atoms with E-state index in [1.165, 1.54) is 11.9 Å². The van der Waals surface area contributed by atoms with E-state index >= 15 is 0 Å². The number of aromatic nitrogens is 1. The van der Waals surface area contributed by atoms with Crippen LogP contribution in [0.3, 0.4) is 0 Å². The summed E-state index contributed by atoms with van der Waals surface area (Å²) in [4.78, 5) is 38.9. The lowest BCUT2D eigenvalue weighted by atomic mass is 9.98. The molecule has 1 aromatic heterocycles. The number of alkyl carbamates (subject to hydrolysis) is 1. The van der Waals surface area contributed by atoms with Gasteiger partial charge in [-0.05, 0) is 46.6 Å². The van der Waals surface area contributed by atoms with Crippen LogP contribution >= 0.6 is 11.5 Å². The highest BCUT2D eigenvalue weighted by Crippen LogP contribution is 2.44. The Kier molecular flexibility index (Phi) is 6.88. The van der Waals surface area contributed by atoms with Crippen LogP contribution in [0.5, 0.6) is 0 Å². The second-order valence-corrected chi connectivity index (χ2v) is 9.59. The van der Waals surface area contributed by atoms with Gasteiger partial charge in [-0.2, -0.15) is 4.37 Å². The minimum absolute atomic E-state index is 0.0190. The van der Waals surface area contributed by atoms with E-state index < -0.39 is 24.0 Å². The summed E-state index contributed by atoms with van der Waals surface area (Å²) in [5.41, 5.74) is 4.77. The molecule has 9 heteroatoms. The number of carbonyl (C=O) groups is 3. The standard InChI is InChI=1S/C26H27N3O5S/c1-14(2)22(23(30)29(4)24-21(25(31)32)15(3)28-35-24)27-26(33)34-13-20-18-11-7-5-9-16(18)17-10-6-8-12-19(17)20/h5-12,14,20,22H,13H2,1-4H3,(H,27,33)(H,31,32)/t22-/m0/s1. The Bertz CT molecular complexity index is 1240. The van der Waals surface area contributed by atoms with Crippen molar-refractivity contribution in [1.29, 1.82) is 0 Å². The molecule has 1 atom stereocenters. The molecule has 0 aliphatic heterocycles. The zero-order valence-electron chi connectivity index (χ0n) is 19.9. The molecule has 0 saturated heterocycles. The number of anilines is 1. The summed E-state index contributed by atoms with van der Waals surface area (Å²) >= 11 is 0.933. The summed E-state index contributed by atoms with van der Waals surface area (Å²) in [5, 5.41) is 12.4. The smallest absolute Gasteiger partial charge is 0.407 e. The predicted octanol–water partition coefficient (Wildman–Crippen LogP) is 4.68. The van der Waals surface area contributed by atoms with Crippen molar-refractivity contribution in [3.63, 3.8) is 0 Å². The summed E-state index contributed by atoms with van der Waals surface area (Å²) in [5.74, 6) is -1.95. The van der Waals surface area contributed by atoms with E-state index in [0.717, 1.165) is 33.8 Å². The minimum atomic E-state index is -1.16. The lowest BCUT2D eigenvalue weighted by Crippen LogP contribution is -2.50. The lowest BCUT2D eigenvalue weighted by Gasteiger charge is -2.26. The highest BCUT2D eigenvalue weighted by molar-refractivity contribution is 7.11. The molecule has 3 aromatic rings. The highest BCUT2D eigenvalue weighted by Gasteiger charge is 2.33. The number of carboxylic acids is 1. The molecule has 0 bridgehead atoms. The number of ether oxygens (including phenoxy) is 1. The van der Waals surface area contributed by atoms with Gasteiger partial charge < -0.3 is 20.1 Å². The molecule has 0 unspecified atom stereocenters. The molecule has 2 amide bonds. The zero-order chi connectivity index (χ0) is 25.3. The molecule has 1 heterocycles. The number of nitrogens with zero attached hydrogens (tertiary/aromatic N) is 2. The Balaban J connectivity index is 1.47. The number of hydrogen-bond donors (Lipinski definition) is 2. The molecule has 4 rings (SSSR count). The zero-order valence-corrected chi connectivity index (χ0v) is 20.8. The molecule has 0 radical (unpaired) electrons. The Labute approximate surface area is 207 Å². The predicted molar refractivity (Wildman–Crippen MR) is 134 cm³/mol. The summed E-state index contributed by atoms with van der Waals surface area (Å²) in [6, 6.07) is 15.2. The molecule has 35 heavy (non-hydrogen) atoms. The average molecular weight is 494 g/mol. The lowest BCUT2D eigenvalue weighted by molar-refractivity contribution is -0.121. The van der Waals surface area contributed by atoms with Crippen LogP contribution in [0.2, 0.25) is 0 Å². The molecule has 0 saturated carbocycles. The van der Waals surface area contributed by atoms with Crippen molar-refractivity contribution in [3.05, 3.63) is 70.9 Å². The Hall–Kier alpha value is -3.72. The molecule has 2 aromatic carbocycles. The van der Waals surface area contributed by atoms with Gasteiger partial charge in [0.25, 0.3) is 0 Å². The molecular weight excluding hydrogens is 466 g/mol. The molecular formula is C26H27N3O5S. The molecule has 8 nitrogen and oxygen atoms in total.